The van der Waals surface area contributed by atoms with Crippen molar-refractivity contribution in [2.24, 2.45) is 4.99 Å². The molecule has 0 amide bonds. The van der Waals surface area contributed by atoms with E-state index in [1.54, 1.807) is 18.3 Å². The summed E-state index contributed by atoms with van der Waals surface area (Å²) in [5.41, 5.74) is 0.941. The van der Waals surface area contributed by atoms with E-state index in [9.17, 15) is 4.79 Å². The minimum absolute atomic E-state index is 0.229. The van der Waals surface area contributed by atoms with Crippen LogP contribution in [0.5, 0.6) is 5.75 Å². The Morgan fingerprint density at radius 1 is 1.28 bits per heavy atom. The molecule has 3 heterocycles. The Hall–Kier alpha value is -2.37. The first-order chi connectivity index (χ1) is 15.3. The maximum absolute atomic E-state index is 13.3. The van der Waals surface area contributed by atoms with E-state index in [1.807, 2.05) is 52.2 Å². The number of ketones is 1. The molecule has 1 aromatic heterocycles. The van der Waals surface area contributed by atoms with Gasteiger partial charge in [-0.05, 0) is 31.5 Å². The van der Waals surface area contributed by atoms with E-state index in [0.717, 1.165) is 11.3 Å². The average molecular weight is 462 g/mol. The zero-order valence-electron chi connectivity index (χ0n) is 18.7. The van der Waals surface area contributed by atoms with Crippen LogP contribution in [0.25, 0.3) is 0 Å². The molecule has 2 fully saturated rings. The molecule has 0 spiro atoms. The molecule has 2 aromatic rings. The van der Waals surface area contributed by atoms with Crippen LogP contribution in [-0.4, -0.2) is 73.6 Å². The molecular formula is C22H27N3O6S. The molecule has 2 aliphatic rings. The van der Waals surface area contributed by atoms with Crippen molar-refractivity contribution < 1.29 is 28.5 Å². The van der Waals surface area contributed by atoms with Gasteiger partial charge in [-0.25, -0.2) is 9.98 Å². The van der Waals surface area contributed by atoms with Crippen LogP contribution in [0, 0.1) is 0 Å². The highest BCUT2D eigenvalue weighted by molar-refractivity contribution is 7.17. The largest absolute Gasteiger partial charge is 0.497 e. The summed E-state index contributed by atoms with van der Waals surface area (Å²) in [5.74, 6) is -0.282. The topological polar surface area (TPSA) is 91.7 Å². The number of methoxy groups -OCH3 is 1. The van der Waals surface area contributed by atoms with Crippen molar-refractivity contribution in [1.82, 2.24) is 9.88 Å². The third kappa shape index (κ3) is 5.00. The van der Waals surface area contributed by atoms with Crippen LogP contribution in [0.15, 0.2) is 35.5 Å². The molecule has 0 radical (unpaired) electrons. The van der Waals surface area contributed by atoms with Gasteiger partial charge in [0.05, 0.1) is 31.1 Å². The number of rotatable bonds is 8. The van der Waals surface area contributed by atoms with Crippen molar-refractivity contribution in [2.45, 2.75) is 50.8 Å². The standard InChI is InChI=1S/C22H27N3O6S/c1-22(2)30-19-18(28-11-13-6-8-14(27-5)9-7-13)17(29-20(19)31-22)16(26)15-10-23-21(32-15)24-12-25(3)4/h6-10,12,17-20H,11H2,1-5H3/b24-12-/t17-,18+,19-,20-/m1/s1. The fraction of sp³-hybridized carbons (Fsp3) is 0.500. The fourth-order valence-electron chi connectivity index (χ4n) is 3.53. The average Bonchev–Trinajstić information content (AvgIpc) is 3.43. The third-order valence-corrected chi connectivity index (χ3v) is 5.91. The van der Waals surface area contributed by atoms with Crippen molar-refractivity contribution >= 4 is 28.6 Å². The molecule has 4 rings (SSSR count). The number of thiazole rings is 1. The predicted molar refractivity (Wildman–Crippen MR) is 119 cm³/mol. The molecule has 1 aromatic carbocycles. The van der Waals surface area contributed by atoms with Crippen LogP contribution in [0.3, 0.4) is 0 Å². The number of ether oxygens (including phenoxy) is 5. The molecule has 0 saturated carbocycles. The van der Waals surface area contributed by atoms with Gasteiger partial charge in [-0.3, -0.25) is 4.79 Å². The lowest BCUT2D eigenvalue weighted by Gasteiger charge is -2.25. The second-order valence-electron chi connectivity index (χ2n) is 8.23. The molecule has 2 aliphatic heterocycles. The second kappa shape index (κ2) is 9.24. The number of aliphatic imine (C=N–C) groups is 1. The minimum atomic E-state index is -0.870. The van der Waals surface area contributed by atoms with E-state index in [2.05, 4.69) is 9.98 Å². The molecule has 32 heavy (non-hydrogen) atoms. The van der Waals surface area contributed by atoms with Gasteiger partial charge >= 0.3 is 0 Å². The Bertz CT molecular complexity index is 974. The normalized spacial score (nSPS) is 26.4. The number of hydrogen-bond acceptors (Lipinski definition) is 9. The van der Waals surface area contributed by atoms with Gasteiger partial charge < -0.3 is 28.6 Å². The Balaban J connectivity index is 1.51. The quantitative estimate of drug-likeness (QED) is 0.337. The molecule has 0 bridgehead atoms. The first kappa shape index (κ1) is 22.8. The molecule has 0 aliphatic carbocycles. The number of benzene rings is 1. The zero-order chi connectivity index (χ0) is 22.9. The SMILES string of the molecule is COc1ccc(CO[C@@H]2[C@H]3OC(C)(C)O[C@H]3O[C@@H]2C(=O)c2cnc(/N=C\N(C)C)s2)cc1. The molecule has 172 valence electrons. The Labute approximate surface area is 190 Å². The number of nitrogens with zero attached hydrogens (tertiary/aromatic N) is 3. The minimum Gasteiger partial charge on any atom is -0.497 e. The van der Waals surface area contributed by atoms with Gasteiger partial charge in [0.15, 0.2) is 18.2 Å². The molecule has 0 unspecified atom stereocenters. The summed E-state index contributed by atoms with van der Waals surface area (Å²) >= 11 is 1.20. The summed E-state index contributed by atoms with van der Waals surface area (Å²) in [5, 5.41) is 0.490. The summed E-state index contributed by atoms with van der Waals surface area (Å²) in [6.45, 7) is 3.91. The highest BCUT2D eigenvalue weighted by Gasteiger charge is 2.57. The van der Waals surface area contributed by atoms with E-state index in [-0.39, 0.29) is 12.4 Å². The van der Waals surface area contributed by atoms with Crippen LogP contribution in [0.4, 0.5) is 5.13 Å². The number of Topliss-reactive ketones (excluding diaryl/α,β-unsaturated/α-hetero) is 1. The van der Waals surface area contributed by atoms with Gasteiger partial charge in [-0.1, -0.05) is 23.5 Å². The van der Waals surface area contributed by atoms with Crippen LogP contribution in [-0.2, 0) is 25.6 Å². The van der Waals surface area contributed by atoms with Crippen molar-refractivity contribution in [1.29, 1.82) is 0 Å². The van der Waals surface area contributed by atoms with Crippen LogP contribution < -0.4 is 4.74 Å². The first-order valence-electron chi connectivity index (χ1n) is 10.2. The number of fused-ring (bicyclic) bond motifs is 1. The number of carbonyl (C=O) groups is 1. The van der Waals surface area contributed by atoms with Gasteiger partial charge in [0.2, 0.25) is 10.9 Å². The summed E-state index contributed by atoms with van der Waals surface area (Å²) in [6.07, 6.45) is 0.445. The van der Waals surface area contributed by atoms with E-state index >= 15 is 0 Å². The lowest BCUT2D eigenvalue weighted by atomic mass is 10.1. The summed E-state index contributed by atoms with van der Waals surface area (Å²) < 4.78 is 29.2. The molecule has 9 nitrogen and oxygen atoms in total. The van der Waals surface area contributed by atoms with Gasteiger partial charge in [0.1, 0.15) is 18.0 Å². The molecule has 2 saturated heterocycles. The number of carbonyl (C=O) groups excluding carboxylic acids is 1. The molecule has 10 heteroatoms. The monoisotopic (exact) mass is 461 g/mol. The molecular weight excluding hydrogens is 434 g/mol. The Kier molecular flexibility index (Phi) is 6.59. The highest BCUT2D eigenvalue weighted by atomic mass is 32.1. The lowest BCUT2D eigenvalue weighted by Crippen LogP contribution is -2.40. The zero-order valence-corrected chi connectivity index (χ0v) is 19.5. The Morgan fingerprint density at radius 2 is 2.03 bits per heavy atom. The summed E-state index contributed by atoms with van der Waals surface area (Å²) in [7, 11) is 5.34. The van der Waals surface area contributed by atoms with E-state index in [4.69, 9.17) is 23.7 Å². The maximum Gasteiger partial charge on any atom is 0.211 e. The van der Waals surface area contributed by atoms with Crippen LogP contribution in [0.2, 0.25) is 0 Å². The molecule has 4 atom stereocenters. The van der Waals surface area contributed by atoms with Crippen molar-refractivity contribution in [3.05, 3.63) is 40.9 Å². The number of aromatic nitrogens is 1. The fourth-order valence-corrected chi connectivity index (χ4v) is 4.25. The van der Waals surface area contributed by atoms with Crippen molar-refractivity contribution in [2.75, 3.05) is 21.2 Å². The van der Waals surface area contributed by atoms with E-state index < -0.39 is 30.4 Å². The van der Waals surface area contributed by atoms with E-state index in [1.165, 1.54) is 17.5 Å². The van der Waals surface area contributed by atoms with Gasteiger partial charge in [-0.2, -0.15) is 0 Å². The predicted octanol–water partition coefficient (Wildman–Crippen LogP) is 3.02. The number of hydrogen-bond donors (Lipinski definition) is 0. The van der Waals surface area contributed by atoms with Crippen molar-refractivity contribution in [3.63, 3.8) is 0 Å². The first-order valence-corrected chi connectivity index (χ1v) is 11.0. The maximum atomic E-state index is 13.3. The molecule has 0 N–H and O–H groups in total. The van der Waals surface area contributed by atoms with E-state index in [0.29, 0.717) is 10.0 Å². The smallest absolute Gasteiger partial charge is 0.211 e. The van der Waals surface area contributed by atoms with Gasteiger partial charge in [-0.15, -0.1) is 0 Å². The van der Waals surface area contributed by atoms with Gasteiger partial charge in [0, 0.05) is 14.1 Å². The lowest BCUT2D eigenvalue weighted by molar-refractivity contribution is -0.212. The van der Waals surface area contributed by atoms with Crippen molar-refractivity contribution in [3.8, 4) is 5.75 Å². The second-order valence-corrected chi connectivity index (χ2v) is 9.24. The van der Waals surface area contributed by atoms with Crippen LogP contribution in [0.1, 0.15) is 29.1 Å². The Morgan fingerprint density at radius 3 is 2.72 bits per heavy atom. The van der Waals surface area contributed by atoms with Crippen LogP contribution >= 0.6 is 11.3 Å². The third-order valence-electron chi connectivity index (χ3n) is 4.99. The van der Waals surface area contributed by atoms with Gasteiger partial charge in [0.25, 0.3) is 0 Å². The summed E-state index contributed by atoms with van der Waals surface area (Å²) in [4.78, 5) is 24.0. The summed E-state index contributed by atoms with van der Waals surface area (Å²) in [6, 6.07) is 7.55. The highest BCUT2D eigenvalue weighted by Crippen LogP contribution is 2.40.